The van der Waals surface area contributed by atoms with Crippen LogP contribution in [0, 0.1) is 0 Å². The number of rotatable bonds is 0. The lowest BCUT2D eigenvalue weighted by Gasteiger charge is -2.07. The van der Waals surface area contributed by atoms with Gasteiger partial charge in [0.25, 0.3) is 0 Å². The second-order valence-electron chi connectivity index (χ2n) is 4.45. The highest BCUT2D eigenvalue weighted by Crippen LogP contribution is 2.40. The van der Waals surface area contributed by atoms with Gasteiger partial charge >= 0.3 is 0 Å². The molecule has 2 aliphatic carbocycles. The van der Waals surface area contributed by atoms with Crippen LogP contribution in [0.15, 0.2) is 29.8 Å². The van der Waals surface area contributed by atoms with E-state index in [0.717, 1.165) is 0 Å². The largest absolute Gasteiger partial charge is 0.0664 e. The molecule has 1 aromatic carbocycles. The SMILES string of the molecule is c1ccc2c(c1)CCCC1=C2CCC1. The summed E-state index contributed by atoms with van der Waals surface area (Å²) in [6, 6.07) is 9.00. The zero-order valence-electron chi connectivity index (χ0n) is 8.55. The first-order valence-electron chi connectivity index (χ1n) is 5.74. The molecule has 0 N–H and O–H groups in total. The van der Waals surface area contributed by atoms with Gasteiger partial charge in [0.1, 0.15) is 0 Å². The maximum atomic E-state index is 2.32. The fraction of sp³-hybridized carbons (Fsp3) is 0.429. The molecular weight excluding hydrogens is 168 g/mol. The summed E-state index contributed by atoms with van der Waals surface area (Å²) in [5.41, 5.74) is 6.60. The van der Waals surface area contributed by atoms with E-state index in [1.807, 2.05) is 0 Å². The van der Waals surface area contributed by atoms with Crippen molar-refractivity contribution < 1.29 is 0 Å². The van der Waals surface area contributed by atoms with Crippen LogP contribution in [0.2, 0.25) is 0 Å². The molecule has 0 heterocycles. The topological polar surface area (TPSA) is 0 Å². The first kappa shape index (κ1) is 8.28. The Labute approximate surface area is 85.6 Å². The minimum absolute atomic E-state index is 1.28. The van der Waals surface area contributed by atoms with E-state index in [4.69, 9.17) is 0 Å². The molecule has 0 nitrogen and oxygen atoms in total. The van der Waals surface area contributed by atoms with E-state index in [-0.39, 0.29) is 0 Å². The maximum absolute atomic E-state index is 2.32. The summed E-state index contributed by atoms with van der Waals surface area (Å²) >= 11 is 0. The third-order valence-corrected chi connectivity index (χ3v) is 3.60. The van der Waals surface area contributed by atoms with E-state index in [2.05, 4.69) is 24.3 Å². The molecule has 0 heteroatoms. The number of hydrogen-bond acceptors (Lipinski definition) is 0. The molecule has 2 aliphatic rings. The number of fused-ring (bicyclic) bond motifs is 2. The van der Waals surface area contributed by atoms with Crippen molar-refractivity contribution in [3.05, 3.63) is 41.0 Å². The molecule has 1 aromatic rings. The third kappa shape index (κ3) is 1.21. The van der Waals surface area contributed by atoms with Gasteiger partial charge in [0.15, 0.2) is 0 Å². The van der Waals surface area contributed by atoms with Crippen molar-refractivity contribution in [3.8, 4) is 0 Å². The van der Waals surface area contributed by atoms with Gasteiger partial charge in [-0.2, -0.15) is 0 Å². The lowest BCUT2D eigenvalue weighted by Crippen LogP contribution is -1.89. The Hall–Kier alpha value is -1.04. The van der Waals surface area contributed by atoms with Crippen molar-refractivity contribution in [2.45, 2.75) is 38.5 Å². The lowest BCUT2D eigenvalue weighted by atomic mass is 9.98. The number of aryl methyl sites for hydroxylation is 1. The van der Waals surface area contributed by atoms with Crippen LogP contribution in [0.3, 0.4) is 0 Å². The summed E-state index contributed by atoms with van der Waals surface area (Å²) in [7, 11) is 0. The molecule has 0 aliphatic heterocycles. The monoisotopic (exact) mass is 184 g/mol. The summed E-state index contributed by atoms with van der Waals surface area (Å²) in [6.45, 7) is 0. The number of benzene rings is 1. The van der Waals surface area contributed by atoms with Crippen LogP contribution in [0.1, 0.15) is 43.2 Å². The van der Waals surface area contributed by atoms with Crippen LogP contribution in [-0.2, 0) is 6.42 Å². The van der Waals surface area contributed by atoms with E-state index in [1.165, 1.54) is 38.5 Å². The summed E-state index contributed by atoms with van der Waals surface area (Å²) < 4.78 is 0. The highest BCUT2D eigenvalue weighted by atomic mass is 14.2. The Kier molecular flexibility index (Phi) is 1.93. The summed E-state index contributed by atoms with van der Waals surface area (Å²) in [5.74, 6) is 0. The van der Waals surface area contributed by atoms with Gasteiger partial charge in [0.2, 0.25) is 0 Å². The lowest BCUT2D eigenvalue weighted by molar-refractivity contribution is 0.779. The van der Waals surface area contributed by atoms with Crippen molar-refractivity contribution in [2.24, 2.45) is 0 Å². The molecule has 0 spiro atoms. The second-order valence-corrected chi connectivity index (χ2v) is 4.45. The highest BCUT2D eigenvalue weighted by Gasteiger charge is 2.20. The number of allylic oxidation sites excluding steroid dienone is 2. The summed E-state index contributed by atoms with van der Waals surface area (Å²) in [4.78, 5) is 0. The Balaban J connectivity index is 2.16. The Bertz CT molecular complexity index is 385. The quantitative estimate of drug-likeness (QED) is 0.572. The van der Waals surface area contributed by atoms with E-state index in [1.54, 1.807) is 22.3 Å². The molecule has 0 unspecified atom stereocenters. The minimum atomic E-state index is 1.28. The second kappa shape index (κ2) is 3.27. The van der Waals surface area contributed by atoms with Gasteiger partial charge in [-0.05, 0) is 55.2 Å². The third-order valence-electron chi connectivity index (χ3n) is 3.60. The van der Waals surface area contributed by atoms with Gasteiger partial charge in [-0.3, -0.25) is 0 Å². The van der Waals surface area contributed by atoms with Crippen LogP contribution >= 0.6 is 0 Å². The molecule has 0 fully saturated rings. The molecular formula is C14H16. The molecule has 0 atom stereocenters. The first-order chi connectivity index (χ1) is 6.95. The van der Waals surface area contributed by atoms with Crippen LogP contribution in [-0.4, -0.2) is 0 Å². The van der Waals surface area contributed by atoms with Gasteiger partial charge in [-0.1, -0.05) is 29.8 Å². The smallest absolute Gasteiger partial charge is 0.0193 e. The molecule has 72 valence electrons. The summed E-state index contributed by atoms with van der Waals surface area (Å²) in [6.07, 6.45) is 8.07. The molecule has 0 saturated heterocycles. The average Bonchev–Trinajstić information content (AvgIpc) is 2.61. The van der Waals surface area contributed by atoms with Crippen molar-refractivity contribution in [1.29, 1.82) is 0 Å². The van der Waals surface area contributed by atoms with Crippen molar-refractivity contribution in [2.75, 3.05) is 0 Å². The van der Waals surface area contributed by atoms with Crippen molar-refractivity contribution in [3.63, 3.8) is 0 Å². The zero-order valence-corrected chi connectivity index (χ0v) is 8.55. The Morgan fingerprint density at radius 2 is 1.57 bits per heavy atom. The Morgan fingerprint density at radius 3 is 2.50 bits per heavy atom. The maximum Gasteiger partial charge on any atom is -0.0193 e. The van der Waals surface area contributed by atoms with Crippen LogP contribution < -0.4 is 0 Å². The van der Waals surface area contributed by atoms with Crippen LogP contribution in [0.4, 0.5) is 0 Å². The van der Waals surface area contributed by atoms with Crippen LogP contribution in [0.25, 0.3) is 5.57 Å². The first-order valence-corrected chi connectivity index (χ1v) is 5.74. The highest BCUT2D eigenvalue weighted by molar-refractivity contribution is 5.73. The fourth-order valence-corrected chi connectivity index (χ4v) is 2.93. The average molecular weight is 184 g/mol. The summed E-state index contributed by atoms with van der Waals surface area (Å²) in [5, 5.41) is 0. The fourth-order valence-electron chi connectivity index (χ4n) is 2.93. The van der Waals surface area contributed by atoms with E-state index >= 15 is 0 Å². The normalized spacial score (nSPS) is 20.3. The van der Waals surface area contributed by atoms with Gasteiger partial charge in [0.05, 0.1) is 0 Å². The minimum Gasteiger partial charge on any atom is -0.0664 e. The van der Waals surface area contributed by atoms with Gasteiger partial charge < -0.3 is 0 Å². The molecule has 0 saturated carbocycles. The van der Waals surface area contributed by atoms with Gasteiger partial charge in [0, 0.05) is 0 Å². The van der Waals surface area contributed by atoms with E-state index < -0.39 is 0 Å². The molecule has 0 aromatic heterocycles. The van der Waals surface area contributed by atoms with E-state index in [9.17, 15) is 0 Å². The molecule has 0 amide bonds. The predicted octanol–water partition coefficient (Wildman–Crippen LogP) is 3.96. The van der Waals surface area contributed by atoms with Crippen LogP contribution in [0.5, 0.6) is 0 Å². The number of hydrogen-bond donors (Lipinski definition) is 0. The van der Waals surface area contributed by atoms with Gasteiger partial charge in [-0.15, -0.1) is 0 Å². The van der Waals surface area contributed by atoms with Gasteiger partial charge in [-0.25, -0.2) is 0 Å². The zero-order chi connectivity index (χ0) is 9.38. The van der Waals surface area contributed by atoms with Crippen molar-refractivity contribution >= 4 is 5.57 Å². The molecule has 3 rings (SSSR count). The molecule has 0 bridgehead atoms. The van der Waals surface area contributed by atoms with E-state index in [0.29, 0.717) is 0 Å². The van der Waals surface area contributed by atoms with Crippen molar-refractivity contribution in [1.82, 2.24) is 0 Å². The predicted molar refractivity (Wildman–Crippen MR) is 60.2 cm³/mol. The standard InChI is InChI=1S/C14H16/c1-2-9-13-11(5-1)6-3-7-12-8-4-10-14(12)13/h1-2,5,9H,3-4,6-8,10H2. The molecule has 0 radical (unpaired) electrons. The Morgan fingerprint density at radius 1 is 0.786 bits per heavy atom. The molecule has 14 heavy (non-hydrogen) atoms.